The van der Waals surface area contributed by atoms with Crippen LogP contribution in [-0.2, 0) is 14.0 Å². The number of hydrogen-bond donors (Lipinski definition) is 2. The van der Waals surface area contributed by atoms with E-state index in [1.807, 2.05) is 0 Å². The summed E-state index contributed by atoms with van der Waals surface area (Å²) in [5.41, 5.74) is 1.06. The van der Waals surface area contributed by atoms with Gasteiger partial charge in [-0.15, -0.1) is 4.83 Å². The zero-order chi connectivity index (χ0) is 10.7. The highest BCUT2D eigenvalue weighted by Gasteiger charge is 2.16. The molecule has 0 rings (SSSR count). The van der Waals surface area contributed by atoms with Crippen LogP contribution in [0, 0.1) is 0 Å². The van der Waals surface area contributed by atoms with Crippen LogP contribution in [0.25, 0.3) is 0 Å². The van der Waals surface area contributed by atoms with Crippen LogP contribution in [0.4, 0.5) is 4.79 Å². The Balaban J connectivity index is 3.92. The lowest BCUT2D eigenvalue weighted by atomic mass is 10.2. The zero-order valence-electron chi connectivity index (χ0n) is 7.42. The van der Waals surface area contributed by atoms with Gasteiger partial charge in [0.2, 0.25) is 0 Å². The summed E-state index contributed by atoms with van der Waals surface area (Å²) in [6.45, 7) is 4.92. The predicted octanol–water partition coefficient (Wildman–Crippen LogP) is 0.499. The maximum atomic E-state index is 10.8. The molecule has 0 atom stereocenters. The molecule has 0 radical (unpaired) electrons. The summed E-state index contributed by atoms with van der Waals surface area (Å²) in [5, 5.41) is 0. The fourth-order valence-electron chi connectivity index (χ4n) is 0.406. The van der Waals surface area contributed by atoms with Crippen molar-refractivity contribution < 1.29 is 17.9 Å². The Morgan fingerprint density at radius 2 is 1.85 bits per heavy atom. The molecular formula is C5H11ClN2O4S. The molecule has 8 heteroatoms. The first kappa shape index (κ1) is 12.5. The molecule has 0 saturated carbocycles. The smallest absolute Gasteiger partial charge is 0.423 e. The molecule has 0 aliphatic heterocycles. The van der Waals surface area contributed by atoms with E-state index in [0.29, 0.717) is 0 Å². The fraction of sp³-hybridized carbons (Fsp3) is 0.800. The van der Waals surface area contributed by atoms with Crippen molar-refractivity contribution in [3.8, 4) is 0 Å². The van der Waals surface area contributed by atoms with Crippen molar-refractivity contribution in [2.75, 3.05) is 0 Å². The summed E-state index contributed by atoms with van der Waals surface area (Å²) in [6, 6.07) is 0. The lowest BCUT2D eigenvalue weighted by Crippen LogP contribution is -2.42. The van der Waals surface area contributed by atoms with E-state index in [1.165, 1.54) is 0 Å². The number of ether oxygens (including phenoxy) is 1. The Morgan fingerprint density at radius 1 is 1.38 bits per heavy atom. The lowest BCUT2D eigenvalue weighted by molar-refractivity contribution is 0.0515. The van der Waals surface area contributed by atoms with Gasteiger partial charge in [-0.25, -0.2) is 10.2 Å². The third-order valence-electron chi connectivity index (χ3n) is 0.674. The first-order chi connectivity index (χ1) is 5.60. The first-order valence-electron chi connectivity index (χ1n) is 3.30. The monoisotopic (exact) mass is 230 g/mol. The molecule has 0 aromatic carbocycles. The van der Waals surface area contributed by atoms with E-state index in [1.54, 1.807) is 31.0 Å². The molecular weight excluding hydrogens is 220 g/mol. The van der Waals surface area contributed by atoms with Crippen LogP contribution in [0.5, 0.6) is 0 Å². The van der Waals surface area contributed by atoms with Gasteiger partial charge < -0.3 is 4.74 Å². The van der Waals surface area contributed by atoms with Crippen LogP contribution in [0.2, 0.25) is 0 Å². The first-order valence-corrected chi connectivity index (χ1v) is 5.61. The standard InChI is InChI=1S/C5H11ClN2O4S/c1-5(2,3)12-4(9)7-8-13(6,10)11/h8H,1-3H3,(H,7,9). The van der Waals surface area contributed by atoms with Crippen molar-refractivity contribution in [2.45, 2.75) is 26.4 Å². The summed E-state index contributed by atoms with van der Waals surface area (Å²) in [7, 11) is 0.775. The molecule has 0 saturated heterocycles. The molecule has 1 amide bonds. The maximum absolute atomic E-state index is 10.8. The highest BCUT2D eigenvalue weighted by molar-refractivity contribution is 8.12. The van der Waals surface area contributed by atoms with Gasteiger partial charge in [-0.2, -0.15) is 8.42 Å². The minimum absolute atomic E-state index is 0.693. The molecule has 2 N–H and O–H groups in total. The third kappa shape index (κ3) is 9.38. The molecule has 0 aromatic heterocycles. The summed E-state index contributed by atoms with van der Waals surface area (Å²) in [6.07, 6.45) is -0.920. The van der Waals surface area contributed by atoms with E-state index >= 15 is 0 Å². The van der Waals surface area contributed by atoms with Gasteiger partial charge in [0, 0.05) is 10.7 Å². The number of rotatable bonds is 2. The number of halogens is 1. The van der Waals surface area contributed by atoms with Gasteiger partial charge in [0.25, 0.3) is 0 Å². The van der Waals surface area contributed by atoms with E-state index in [4.69, 9.17) is 15.4 Å². The van der Waals surface area contributed by atoms with E-state index < -0.39 is 20.9 Å². The fourth-order valence-corrected chi connectivity index (χ4v) is 0.727. The summed E-state index contributed by atoms with van der Waals surface area (Å²) in [5.74, 6) is 0. The van der Waals surface area contributed by atoms with Gasteiger partial charge in [-0.1, -0.05) is 0 Å². The Bertz CT molecular complexity index is 281. The number of carbonyl (C=O) groups excluding carboxylic acids is 1. The summed E-state index contributed by atoms with van der Waals surface area (Å²) in [4.78, 5) is 12.3. The predicted molar refractivity (Wildman–Crippen MR) is 47.3 cm³/mol. The quantitative estimate of drug-likeness (QED) is 0.534. The number of amides is 1. The number of carbonyl (C=O) groups is 1. The van der Waals surface area contributed by atoms with E-state index in [9.17, 15) is 13.2 Å². The second kappa shape index (κ2) is 4.12. The molecule has 0 aromatic rings. The largest absolute Gasteiger partial charge is 0.443 e. The van der Waals surface area contributed by atoms with Gasteiger partial charge in [0.05, 0.1) is 0 Å². The Morgan fingerprint density at radius 3 is 2.15 bits per heavy atom. The van der Waals surface area contributed by atoms with Crippen LogP contribution in [-0.4, -0.2) is 20.1 Å². The van der Waals surface area contributed by atoms with Crippen molar-refractivity contribution in [1.29, 1.82) is 0 Å². The molecule has 0 heterocycles. The van der Waals surface area contributed by atoms with Gasteiger partial charge in [0.15, 0.2) is 0 Å². The number of hydrogen-bond acceptors (Lipinski definition) is 4. The van der Waals surface area contributed by atoms with Crippen molar-refractivity contribution in [3.05, 3.63) is 0 Å². The average Bonchev–Trinajstić information content (AvgIpc) is 1.78. The van der Waals surface area contributed by atoms with Gasteiger partial charge in [-0.3, -0.25) is 0 Å². The zero-order valence-corrected chi connectivity index (χ0v) is 8.99. The van der Waals surface area contributed by atoms with Crippen LogP contribution < -0.4 is 10.3 Å². The Kier molecular flexibility index (Phi) is 3.95. The minimum atomic E-state index is -3.96. The molecule has 0 spiro atoms. The third-order valence-corrected chi connectivity index (χ3v) is 1.25. The van der Waals surface area contributed by atoms with Crippen molar-refractivity contribution in [2.24, 2.45) is 0 Å². The minimum Gasteiger partial charge on any atom is -0.443 e. The van der Waals surface area contributed by atoms with E-state index in [-0.39, 0.29) is 0 Å². The molecule has 0 fully saturated rings. The highest BCUT2D eigenvalue weighted by Crippen LogP contribution is 2.05. The molecule has 0 bridgehead atoms. The Hall–Kier alpha value is -0.530. The van der Waals surface area contributed by atoms with Crippen molar-refractivity contribution in [1.82, 2.24) is 10.3 Å². The molecule has 0 aliphatic carbocycles. The highest BCUT2D eigenvalue weighted by atomic mass is 35.7. The average molecular weight is 231 g/mol. The van der Waals surface area contributed by atoms with Gasteiger partial charge in [-0.05, 0) is 20.8 Å². The summed E-state index contributed by atoms with van der Waals surface area (Å²) < 4.78 is 25.3. The van der Waals surface area contributed by atoms with Gasteiger partial charge in [0.1, 0.15) is 5.60 Å². The Labute approximate surface area is 81.1 Å². The van der Waals surface area contributed by atoms with Crippen LogP contribution in [0.1, 0.15) is 20.8 Å². The molecule has 78 valence electrons. The molecule has 6 nitrogen and oxygen atoms in total. The topological polar surface area (TPSA) is 84.5 Å². The molecule has 0 aliphatic rings. The SMILES string of the molecule is CC(C)(C)OC(=O)NNS(=O)(=O)Cl. The lowest BCUT2D eigenvalue weighted by Gasteiger charge is -2.19. The van der Waals surface area contributed by atoms with Crippen LogP contribution >= 0.6 is 10.7 Å². The van der Waals surface area contributed by atoms with Crippen LogP contribution in [0.15, 0.2) is 0 Å². The summed E-state index contributed by atoms with van der Waals surface area (Å²) >= 11 is 0. The maximum Gasteiger partial charge on any atom is 0.423 e. The number of nitrogens with one attached hydrogen (secondary N) is 2. The molecule has 13 heavy (non-hydrogen) atoms. The van der Waals surface area contributed by atoms with Crippen molar-refractivity contribution in [3.63, 3.8) is 0 Å². The van der Waals surface area contributed by atoms with E-state index in [2.05, 4.69) is 0 Å². The van der Waals surface area contributed by atoms with E-state index in [0.717, 1.165) is 0 Å². The number of hydrazine groups is 1. The van der Waals surface area contributed by atoms with Gasteiger partial charge >= 0.3 is 15.3 Å². The second-order valence-electron chi connectivity index (χ2n) is 3.17. The molecule has 0 unspecified atom stereocenters. The second-order valence-corrected chi connectivity index (χ2v) is 5.47. The van der Waals surface area contributed by atoms with Crippen molar-refractivity contribution >= 4 is 26.0 Å². The van der Waals surface area contributed by atoms with Crippen LogP contribution in [0.3, 0.4) is 0 Å². The normalized spacial score (nSPS) is 12.3.